The summed E-state index contributed by atoms with van der Waals surface area (Å²) in [5.41, 5.74) is 7.85. The van der Waals surface area contributed by atoms with Gasteiger partial charge in [0, 0.05) is 26.3 Å². The quantitative estimate of drug-likeness (QED) is 0.709. The molecular weight excluding hydrogens is 256 g/mol. The molecule has 0 aliphatic carbocycles. The van der Waals surface area contributed by atoms with E-state index in [2.05, 4.69) is 5.32 Å². The second-order valence-corrected chi connectivity index (χ2v) is 4.80. The first kappa shape index (κ1) is 16.5. The number of aryl methyl sites for hydroxylation is 1. The van der Waals surface area contributed by atoms with E-state index in [0.717, 1.165) is 17.5 Å². The number of benzene rings is 1. The topological polar surface area (TPSA) is 73.6 Å². The van der Waals surface area contributed by atoms with Gasteiger partial charge in [-0.3, -0.25) is 4.79 Å². The standard InChI is InChI=1S/C15H24N2O3/c1-11-9-13(12(2)16)5-6-14(11)20-10-15(18)17-7-4-8-19-3/h5-6,9,12H,4,7-8,10,16H2,1-3H3,(H,17,18)/t12-/m1/s1. The van der Waals surface area contributed by atoms with Crippen molar-refractivity contribution in [1.82, 2.24) is 5.32 Å². The molecule has 1 aromatic carbocycles. The minimum atomic E-state index is -0.128. The number of carbonyl (C=O) groups is 1. The van der Waals surface area contributed by atoms with Crippen molar-refractivity contribution < 1.29 is 14.3 Å². The minimum Gasteiger partial charge on any atom is -0.484 e. The molecule has 0 aliphatic heterocycles. The molecule has 3 N–H and O–H groups in total. The van der Waals surface area contributed by atoms with Crippen LogP contribution in [0.4, 0.5) is 0 Å². The first-order valence-electron chi connectivity index (χ1n) is 6.79. The van der Waals surface area contributed by atoms with E-state index in [4.69, 9.17) is 15.2 Å². The van der Waals surface area contributed by atoms with E-state index in [9.17, 15) is 4.79 Å². The number of methoxy groups -OCH3 is 1. The number of carbonyl (C=O) groups excluding carboxylic acids is 1. The second-order valence-electron chi connectivity index (χ2n) is 4.80. The third-order valence-corrected chi connectivity index (χ3v) is 2.93. The van der Waals surface area contributed by atoms with Gasteiger partial charge >= 0.3 is 0 Å². The van der Waals surface area contributed by atoms with Crippen molar-refractivity contribution in [3.63, 3.8) is 0 Å². The average molecular weight is 280 g/mol. The number of hydrogen-bond acceptors (Lipinski definition) is 4. The lowest BCUT2D eigenvalue weighted by Gasteiger charge is -2.12. The lowest BCUT2D eigenvalue weighted by Crippen LogP contribution is -2.30. The maximum Gasteiger partial charge on any atom is 0.257 e. The van der Waals surface area contributed by atoms with Crippen LogP contribution in [0.15, 0.2) is 18.2 Å². The normalized spacial score (nSPS) is 12.0. The number of hydrogen-bond donors (Lipinski definition) is 2. The Kier molecular flexibility index (Phi) is 7.04. The van der Waals surface area contributed by atoms with E-state index in [1.807, 2.05) is 32.0 Å². The smallest absolute Gasteiger partial charge is 0.257 e. The number of rotatable bonds is 8. The highest BCUT2D eigenvalue weighted by atomic mass is 16.5. The molecule has 0 bridgehead atoms. The van der Waals surface area contributed by atoms with Crippen LogP contribution in [0.5, 0.6) is 5.75 Å². The molecule has 0 heterocycles. The van der Waals surface area contributed by atoms with Gasteiger partial charge in [-0.25, -0.2) is 0 Å². The molecule has 5 heteroatoms. The summed E-state index contributed by atoms with van der Waals surface area (Å²) < 4.78 is 10.4. The van der Waals surface area contributed by atoms with E-state index in [1.54, 1.807) is 7.11 Å². The first-order valence-corrected chi connectivity index (χ1v) is 6.79. The van der Waals surface area contributed by atoms with Gasteiger partial charge in [-0.1, -0.05) is 12.1 Å². The molecule has 0 saturated carbocycles. The second kappa shape index (κ2) is 8.55. The zero-order valence-electron chi connectivity index (χ0n) is 12.4. The summed E-state index contributed by atoms with van der Waals surface area (Å²) in [6, 6.07) is 5.75. The molecule has 1 atom stereocenters. The van der Waals surface area contributed by atoms with Crippen molar-refractivity contribution in [3.8, 4) is 5.75 Å². The van der Waals surface area contributed by atoms with Gasteiger partial charge < -0.3 is 20.5 Å². The van der Waals surface area contributed by atoms with Gasteiger partial charge in [-0.2, -0.15) is 0 Å². The fourth-order valence-corrected chi connectivity index (χ4v) is 1.76. The van der Waals surface area contributed by atoms with E-state index < -0.39 is 0 Å². The maximum atomic E-state index is 11.6. The van der Waals surface area contributed by atoms with Gasteiger partial charge in [0.05, 0.1) is 0 Å². The Morgan fingerprint density at radius 3 is 2.80 bits per heavy atom. The van der Waals surface area contributed by atoms with Gasteiger partial charge in [-0.05, 0) is 37.5 Å². The maximum absolute atomic E-state index is 11.6. The van der Waals surface area contributed by atoms with Crippen molar-refractivity contribution in [2.45, 2.75) is 26.3 Å². The number of ether oxygens (including phenoxy) is 2. The van der Waals surface area contributed by atoms with Crippen LogP contribution in [-0.4, -0.2) is 32.8 Å². The van der Waals surface area contributed by atoms with Crippen molar-refractivity contribution >= 4 is 5.91 Å². The molecule has 0 aliphatic rings. The molecular formula is C15H24N2O3. The Morgan fingerprint density at radius 2 is 2.20 bits per heavy atom. The number of nitrogens with two attached hydrogens (primary N) is 1. The van der Waals surface area contributed by atoms with Crippen LogP contribution in [0.3, 0.4) is 0 Å². The lowest BCUT2D eigenvalue weighted by atomic mass is 10.1. The van der Waals surface area contributed by atoms with Crippen molar-refractivity contribution in [2.24, 2.45) is 5.73 Å². The summed E-state index contributed by atoms with van der Waals surface area (Å²) in [4.78, 5) is 11.6. The molecule has 112 valence electrons. The van der Waals surface area contributed by atoms with Crippen LogP contribution in [-0.2, 0) is 9.53 Å². The summed E-state index contributed by atoms with van der Waals surface area (Å²) in [7, 11) is 1.64. The molecule has 1 amide bonds. The molecule has 1 rings (SSSR count). The largest absolute Gasteiger partial charge is 0.484 e. The van der Waals surface area contributed by atoms with Crippen LogP contribution in [0, 0.1) is 6.92 Å². The third-order valence-electron chi connectivity index (χ3n) is 2.93. The van der Waals surface area contributed by atoms with Crippen LogP contribution in [0.1, 0.15) is 30.5 Å². The fraction of sp³-hybridized carbons (Fsp3) is 0.533. The fourth-order valence-electron chi connectivity index (χ4n) is 1.76. The van der Waals surface area contributed by atoms with E-state index in [-0.39, 0.29) is 18.6 Å². The zero-order valence-corrected chi connectivity index (χ0v) is 12.4. The van der Waals surface area contributed by atoms with Gasteiger partial charge in [0.2, 0.25) is 0 Å². The molecule has 0 fully saturated rings. The predicted octanol–water partition coefficient (Wildman–Crippen LogP) is 1.55. The summed E-state index contributed by atoms with van der Waals surface area (Å²) >= 11 is 0. The van der Waals surface area contributed by atoms with Crippen molar-refractivity contribution in [3.05, 3.63) is 29.3 Å². The summed E-state index contributed by atoms with van der Waals surface area (Å²) in [5, 5.41) is 2.77. The van der Waals surface area contributed by atoms with E-state index in [1.165, 1.54) is 0 Å². The van der Waals surface area contributed by atoms with Crippen molar-refractivity contribution in [1.29, 1.82) is 0 Å². The summed E-state index contributed by atoms with van der Waals surface area (Å²) in [6.45, 7) is 5.13. The Morgan fingerprint density at radius 1 is 1.45 bits per heavy atom. The van der Waals surface area contributed by atoms with Gasteiger partial charge in [0.25, 0.3) is 5.91 Å². The van der Waals surface area contributed by atoms with Crippen LogP contribution in [0.25, 0.3) is 0 Å². The molecule has 0 unspecified atom stereocenters. The third kappa shape index (κ3) is 5.59. The van der Waals surface area contributed by atoms with Crippen LogP contribution in [0.2, 0.25) is 0 Å². The monoisotopic (exact) mass is 280 g/mol. The number of nitrogens with one attached hydrogen (secondary N) is 1. The zero-order chi connectivity index (χ0) is 15.0. The van der Waals surface area contributed by atoms with Crippen molar-refractivity contribution in [2.75, 3.05) is 26.9 Å². The van der Waals surface area contributed by atoms with Gasteiger partial charge in [0.1, 0.15) is 5.75 Å². The molecule has 0 spiro atoms. The first-order chi connectivity index (χ1) is 9.54. The van der Waals surface area contributed by atoms with E-state index in [0.29, 0.717) is 18.9 Å². The highest BCUT2D eigenvalue weighted by Gasteiger charge is 2.06. The van der Waals surface area contributed by atoms with Crippen LogP contribution >= 0.6 is 0 Å². The van der Waals surface area contributed by atoms with Gasteiger partial charge in [-0.15, -0.1) is 0 Å². The molecule has 20 heavy (non-hydrogen) atoms. The van der Waals surface area contributed by atoms with E-state index >= 15 is 0 Å². The molecule has 1 aromatic rings. The minimum absolute atomic E-state index is 0.00756. The Labute approximate surface area is 120 Å². The highest BCUT2D eigenvalue weighted by Crippen LogP contribution is 2.21. The van der Waals surface area contributed by atoms with Crippen LogP contribution < -0.4 is 15.8 Å². The SMILES string of the molecule is COCCCNC(=O)COc1ccc([C@@H](C)N)cc1C. The molecule has 5 nitrogen and oxygen atoms in total. The molecule has 0 radical (unpaired) electrons. The van der Waals surface area contributed by atoms with Gasteiger partial charge in [0.15, 0.2) is 6.61 Å². The summed E-state index contributed by atoms with van der Waals surface area (Å²) in [5.74, 6) is 0.582. The lowest BCUT2D eigenvalue weighted by molar-refractivity contribution is -0.123. The average Bonchev–Trinajstić information content (AvgIpc) is 2.42. The molecule has 0 aromatic heterocycles. The Hall–Kier alpha value is -1.59. The Balaban J connectivity index is 2.39. The highest BCUT2D eigenvalue weighted by molar-refractivity contribution is 5.77. The predicted molar refractivity (Wildman–Crippen MR) is 78.8 cm³/mol. The Bertz CT molecular complexity index is 433. The number of amides is 1. The molecule has 0 saturated heterocycles. The summed E-state index contributed by atoms with van der Waals surface area (Å²) in [6.07, 6.45) is 0.796.